The lowest BCUT2D eigenvalue weighted by Crippen LogP contribution is -2.11. The molecule has 0 spiro atoms. The summed E-state index contributed by atoms with van der Waals surface area (Å²) in [5.41, 5.74) is 2.12. The van der Waals surface area contributed by atoms with Crippen LogP contribution < -0.4 is 0 Å². The van der Waals surface area contributed by atoms with Gasteiger partial charge in [0, 0.05) is 6.26 Å². The molecule has 1 fully saturated rings. The van der Waals surface area contributed by atoms with Gasteiger partial charge in [0.05, 0.1) is 17.6 Å². The maximum atomic E-state index is 12.0. The lowest BCUT2D eigenvalue weighted by Gasteiger charge is -2.14. The number of sulfone groups is 1. The number of esters is 1. The number of rotatable bonds is 5. The zero-order chi connectivity index (χ0) is 14.9. The third-order valence-electron chi connectivity index (χ3n) is 3.58. The SMILES string of the molecule is CCCc1cc(C2CC2)c(S(C)(=O)=O)cc1C(=O)OC. The normalized spacial score (nSPS) is 15.2. The molecule has 0 aromatic heterocycles. The number of benzene rings is 1. The summed E-state index contributed by atoms with van der Waals surface area (Å²) in [5.74, 6) is -0.150. The summed E-state index contributed by atoms with van der Waals surface area (Å²) in [6, 6.07) is 3.39. The van der Waals surface area contributed by atoms with E-state index in [1.165, 1.54) is 19.4 Å². The quantitative estimate of drug-likeness (QED) is 0.784. The van der Waals surface area contributed by atoms with E-state index in [-0.39, 0.29) is 4.90 Å². The molecule has 2 rings (SSSR count). The molecule has 1 aliphatic carbocycles. The van der Waals surface area contributed by atoms with E-state index in [9.17, 15) is 13.2 Å². The van der Waals surface area contributed by atoms with Crippen molar-refractivity contribution >= 4 is 15.8 Å². The van der Waals surface area contributed by atoms with Gasteiger partial charge in [-0.2, -0.15) is 0 Å². The molecule has 0 bridgehead atoms. The van der Waals surface area contributed by atoms with Crippen molar-refractivity contribution in [2.24, 2.45) is 0 Å². The zero-order valence-corrected chi connectivity index (χ0v) is 12.9. The number of carbonyl (C=O) groups is 1. The van der Waals surface area contributed by atoms with Crippen molar-refractivity contribution in [1.29, 1.82) is 0 Å². The molecule has 1 aliphatic rings. The van der Waals surface area contributed by atoms with Crippen molar-refractivity contribution < 1.29 is 17.9 Å². The van der Waals surface area contributed by atoms with Crippen molar-refractivity contribution in [1.82, 2.24) is 0 Å². The summed E-state index contributed by atoms with van der Waals surface area (Å²) in [6.45, 7) is 2.03. The minimum atomic E-state index is -3.34. The molecular weight excluding hydrogens is 276 g/mol. The summed E-state index contributed by atoms with van der Waals surface area (Å²) in [7, 11) is -2.03. The molecule has 4 nitrogen and oxygen atoms in total. The van der Waals surface area contributed by atoms with Crippen LogP contribution >= 0.6 is 0 Å². The lowest BCUT2D eigenvalue weighted by atomic mass is 9.98. The number of hydrogen-bond acceptors (Lipinski definition) is 4. The van der Waals surface area contributed by atoms with E-state index in [1.807, 2.05) is 13.0 Å². The average Bonchev–Trinajstić information content (AvgIpc) is 3.20. The van der Waals surface area contributed by atoms with Crippen molar-refractivity contribution in [2.45, 2.75) is 43.4 Å². The monoisotopic (exact) mass is 296 g/mol. The van der Waals surface area contributed by atoms with Gasteiger partial charge in [-0.3, -0.25) is 0 Å². The predicted molar refractivity (Wildman–Crippen MR) is 76.9 cm³/mol. The second-order valence-electron chi connectivity index (χ2n) is 5.34. The Morgan fingerprint density at radius 3 is 2.45 bits per heavy atom. The lowest BCUT2D eigenvalue weighted by molar-refractivity contribution is 0.0599. The molecule has 0 saturated heterocycles. The molecule has 0 heterocycles. The predicted octanol–water partition coefficient (Wildman–Crippen LogP) is 2.71. The molecule has 1 aromatic rings. The van der Waals surface area contributed by atoms with Crippen molar-refractivity contribution in [3.63, 3.8) is 0 Å². The van der Waals surface area contributed by atoms with Crippen LogP contribution in [0.25, 0.3) is 0 Å². The molecule has 20 heavy (non-hydrogen) atoms. The number of methoxy groups -OCH3 is 1. The van der Waals surface area contributed by atoms with E-state index >= 15 is 0 Å². The highest BCUT2D eigenvalue weighted by Crippen LogP contribution is 2.44. The molecular formula is C15H20O4S. The van der Waals surface area contributed by atoms with E-state index in [2.05, 4.69) is 0 Å². The number of carbonyl (C=O) groups excluding carboxylic acids is 1. The highest BCUT2D eigenvalue weighted by atomic mass is 32.2. The first-order valence-corrected chi connectivity index (χ1v) is 8.72. The minimum absolute atomic E-state index is 0.278. The molecule has 0 atom stereocenters. The van der Waals surface area contributed by atoms with Gasteiger partial charge in [-0.05, 0) is 42.4 Å². The number of ether oxygens (including phenoxy) is 1. The molecule has 110 valence electrons. The molecule has 0 radical (unpaired) electrons. The van der Waals surface area contributed by atoms with E-state index in [0.29, 0.717) is 11.5 Å². The molecule has 0 amide bonds. The van der Waals surface area contributed by atoms with Crippen molar-refractivity contribution in [3.8, 4) is 0 Å². The summed E-state index contributed by atoms with van der Waals surface area (Å²) >= 11 is 0. The van der Waals surface area contributed by atoms with Crippen LogP contribution in [0.5, 0.6) is 0 Å². The van der Waals surface area contributed by atoms with Crippen LogP contribution in [0.15, 0.2) is 17.0 Å². The Labute approximate surface area is 120 Å². The largest absolute Gasteiger partial charge is 0.465 e. The van der Waals surface area contributed by atoms with Crippen LogP contribution in [-0.2, 0) is 21.0 Å². The smallest absolute Gasteiger partial charge is 0.338 e. The van der Waals surface area contributed by atoms with E-state index in [0.717, 1.165) is 36.8 Å². The van der Waals surface area contributed by atoms with E-state index in [1.54, 1.807) is 0 Å². The number of hydrogen-bond donors (Lipinski definition) is 0. The highest BCUT2D eigenvalue weighted by molar-refractivity contribution is 7.90. The standard InChI is InChI=1S/C15H20O4S/c1-4-5-11-8-12(10-6-7-10)14(20(3,17)18)9-13(11)15(16)19-2/h8-10H,4-7H2,1-3H3. The van der Waals surface area contributed by atoms with Crippen molar-refractivity contribution in [2.75, 3.05) is 13.4 Å². The molecule has 0 N–H and O–H groups in total. The summed E-state index contributed by atoms with van der Waals surface area (Å²) < 4.78 is 28.7. The van der Waals surface area contributed by atoms with Crippen LogP contribution in [0.4, 0.5) is 0 Å². The van der Waals surface area contributed by atoms with Crippen LogP contribution in [0.2, 0.25) is 0 Å². The van der Waals surface area contributed by atoms with Gasteiger partial charge in [0.2, 0.25) is 0 Å². The fourth-order valence-corrected chi connectivity index (χ4v) is 3.44. The molecule has 5 heteroatoms. The fraction of sp³-hybridized carbons (Fsp3) is 0.533. The van der Waals surface area contributed by atoms with Gasteiger partial charge < -0.3 is 4.74 Å². The maximum Gasteiger partial charge on any atom is 0.338 e. The third kappa shape index (κ3) is 3.03. The average molecular weight is 296 g/mol. The second-order valence-corrected chi connectivity index (χ2v) is 7.32. The first-order chi connectivity index (χ1) is 9.38. The zero-order valence-electron chi connectivity index (χ0n) is 12.1. The minimum Gasteiger partial charge on any atom is -0.465 e. The Kier molecular flexibility index (Phi) is 4.18. The first kappa shape index (κ1) is 15.0. The van der Waals surface area contributed by atoms with Crippen LogP contribution in [-0.4, -0.2) is 27.8 Å². The molecule has 0 unspecified atom stereocenters. The highest BCUT2D eigenvalue weighted by Gasteiger charge is 2.31. The summed E-state index contributed by atoms with van der Waals surface area (Å²) in [6.07, 6.45) is 4.87. The van der Waals surface area contributed by atoms with Gasteiger partial charge in [-0.15, -0.1) is 0 Å². The summed E-state index contributed by atoms with van der Waals surface area (Å²) in [4.78, 5) is 12.1. The summed E-state index contributed by atoms with van der Waals surface area (Å²) in [5, 5.41) is 0. The van der Waals surface area contributed by atoms with Crippen LogP contribution in [0, 0.1) is 0 Å². The number of aryl methyl sites for hydroxylation is 1. The Balaban J connectivity index is 2.64. The maximum absolute atomic E-state index is 12.0. The van der Waals surface area contributed by atoms with Gasteiger partial charge in [0.25, 0.3) is 0 Å². The van der Waals surface area contributed by atoms with Gasteiger partial charge >= 0.3 is 5.97 Å². The molecule has 0 aliphatic heterocycles. The van der Waals surface area contributed by atoms with Crippen molar-refractivity contribution in [3.05, 3.63) is 28.8 Å². The van der Waals surface area contributed by atoms with Gasteiger partial charge in [0.1, 0.15) is 0 Å². The fourth-order valence-electron chi connectivity index (χ4n) is 2.45. The van der Waals surface area contributed by atoms with Gasteiger partial charge in [-0.1, -0.05) is 19.4 Å². The topological polar surface area (TPSA) is 60.4 Å². The van der Waals surface area contributed by atoms with Crippen LogP contribution in [0.1, 0.15) is 53.6 Å². The Bertz CT molecular complexity index is 628. The Morgan fingerprint density at radius 2 is 2.00 bits per heavy atom. The molecule has 1 saturated carbocycles. The Hall–Kier alpha value is -1.36. The molecule has 1 aromatic carbocycles. The third-order valence-corrected chi connectivity index (χ3v) is 4.73. The Morgan fingerprint density at radius 1 is 1.35 bits per heavy atom. The first-order valence-electron chi connectivity index (χ1n) is 6.83. The van der Waals surface area contributed by atoms with Gasteiger partial charge in [-0.25, -0.2) is 13.2 Å². The van der Waals surface area contributed by atoms with Crippen LogP contribution in [0.3, 0.4) is 0 Å². The van der Waals surface area contributed by atoms with E-state index in [4.69, 9.17) is 4.74 Å². The van der Waals surface area contributed by atoms with Gasteiger partial charge in [0.15, 0.2) is 9.84 Å². The second kappa shape index (κ2) is 5.56. The van der Waals surface area contributed by atoms with E-state index < -0.39 is 15.8 Å².